The summed E-state index contributed by atoms with van der Waals surface area (Å²) in [5.41, 5.74) is 5.45. The minimum Gasteiger partial charge on any atom is -0.312 e. The second kappa shape index (κ2) is 2.87. The van der Waals surface area contributed by atoms with E-state index in [1.807, 2.05) is 6.20 Å². The molecule has 0 aromatic carbocycles. The van der Waals surface area contributed by atoms with Crippen molar-refractivity contribution in [1.29, 1.82) is 0 Å². The maximum atomic E-state index is 4.35. The standard InChI is InChI=1S/C10H14N2/c1-7-8(2)12-6-9-5-11-4-3-10(7)9/h6,11H,3-5H2,1-2H3. The fraction of sp³-hybridized carbons (Fsp3) is 0.500. The number of hydrogen-bond donors (Lipinski definition) is 1. The van der Waals surface area contributed by atoms with E-state index < -0.39 is 0 Å². The molecule has 0 spiro atoms. The number of rotatable bonds is 0. The average molecular weight is 162 g/mol. The van der Waals surface area contributed by atoms with Crippen LogP contribution in [0.2, 0.25) is 0 Å². The first-order valence-electron chi connectivity index (χ1n) is 4.43. The van der Waals surface area contributed by atoms with Gasteiger partial charge in [0.15, 0.2) is 0 Å². The van der Waals surface area contributed by atoms with Crippen molar-refractivity contribution in [1.82, 2.24) is 10.3 Å². The molecule has 1 aromatic heterocycles. The van der Waals surface area contributed by atoms with E-state index in [1.54, 1.807) is 0 Å². The van der Waals surface area contributed by atoms with E-state index >= 15 is 0 Å². The van der Waals surface area contributed by atoms with Crippen molar-refractivity contribution < 1.29 is 0 Å². The van der Waals surface area contributed by atoms with E-state index in [1.165, 1.54) is 22.4 Å². The maximum Gasteiger partial charge on any atom is 0.0404 e. The van der Waals surface area contributed by atoms with Crippen molar-refractivity contribution in [2.75, 3.05) is 6.54 Å². The topological polar surface area (TPSA) is 24.9 Å². The summed E-state index contributed by atoms with van der Waals surface area (Å²) in [5, 5.41) is 3.35. The van der Waals surface area contributed by atoms with Crippen molar-refractivity contribution >= 4 is 0 Å². The Bertz CT molecular complexity index is 305. The van der Waals surface area contributed by atoms with Gasteiger partial charge >= 0.3 is 0 Å². The Hall–Kier alpha value is -0.890. The molecule has 2 heteroatoms. The Morgan fingerprint density at radius 1 is 1.42 bits per heavy atom. The van der Waals surface area contributed by atoms with Gasteiger partial charge in [0, 0.05) is 18.4 Å². The molecule has 1 aromatic rings. The number of fused-ring (bicyclic) bond motifs is 1. The molecule has 64 valence electrons. The molecule has 1 aliphatic rings. The zero-order valence-electron chi connectivity index (χ0n) is 7.65. The van der Waals surface area contributed by atoms with Crippen LogP contribution in [0.5, 0.6) is 0 Å². The molecule has 0 radical (unpaired) electrons. The second-order valence-corrected chi connectivity index (χ2v) is 3.40. The van der Waals surface area contributed by atoms with Crippen LogP contribution in [0.25, 0.3) is 0 Å². The van der Waals surface area contributed by atoms with Crippen LogP contribution in [-0.2, 0) is 13.0 Å². The first kappa shape index (κ1) is 7.74. The minimum absolute atomic E-state index is 0.990. The molecule has 0 fully saturated rings. The van der Waals surface area contributed by atoms with Gasteiger partial charge in [-0.1, -0.05) is 0 Å². The van der Waals surface area contributed by atoms with Gasteiger partial charge in [-0.2, -0.15) is 0 Å². The van der Waals surface area contributed by atoms with E-state index in [0.717, 1.165) is 19.5 Å². The largest absolute Gasteiger partial charge is 0.312 e. The Morgan fingerprint density at radius 2 is 2.25 bits per heavy atom. The molecule has 12 heavy (non-hydrogen) atoms. The lowest BCUT2D eigenvalue weighted by Gasteiger charge is -2.19. The summed E-state index contributed by atoms with van der Waals surface area (Å²) in [4.78, 5) is 4.35. The van der Waals surface area contributed by atoms with E-state index in [4.69, 9.17) is 0 Å². The van der Waals surface area contributed by atoms with Gasteiger partial charge in [0.05, 0.1) is 0 Å². The summed E-state index contributed by atoms with van der Waals surface area (Å²) in [6.45, 7) is 6.35. The number of nitrogens with one attached hydrogen (secondary N) is 1. The monoisotopic (exact) mass is 162 g/mol. The third-order valence-electron chi connectivity index (χ3n) is 2.66. The normalized spacial score (nSPS) is 15.8. The zero-order valence-corrected chi connectivity index (χ0v) is 7.65. The molecule has 2 rings (SSSR count). The molecule has 0 aliphatic carbocycles. The van der Waals surface area contributed by atoms with Crippen molar-refractivity contribution in [3.63, 3.8) is 0 Å². The second-order valence-electron chi connectivity index (χ2n) is 3.40. The molecular formula is C10H14N2. The van der Waals surface area contributed by atoms with Crippen LogP contribution in [0.15, 0.2) is 6.20 Å². The molecule has 0 saturated carbocycles. The SMILES string of the molecule is Cc1ncc2c(c1C)CCNC2. The van der Waals surface area contributed by atoms with Gasteiger partial charge in [-0.15, -0.1) is 0 Å². The molecule has 0 atom stereocenters. The minimum atomic E-state index is 0.990. The third-order valence-corrected chi connectivity index (χ3v) is 2.66. The Balaban J connectivity index is 2.54. The molecule has 1 aliphatic heterocycles. The van der Waals surface area contributed by atoms with Crippen LogP contribution in [0, 0.1) is 13.8 Å². The zero-order chi connectivity index (χ0) is 8.55. The fourth-order valence-corrected chi connectivity index (χ4v) is 1.75. The molecular weight excluding hydrogens is 148 g/mol. The van der Waals surface area contributed by atoms with Gasteiger partial charge in [0.2, 0.25) is 0 Å². The lowest BCUT2D eigenvalue weighted by Crippen LogP contribution is -2.24. The van der Waals surface area contributed by atoms with E-state index in [0.29, 0.717) is 0 Å². The molecule has 0 bridgehead atoms. The van der Waals surface area contributed by atoms with Crippen LogP contribution < -0.4 is 5.32 Å². The van der Waals surface area contributed by atoms with Gasteiger partial charge < -0.3 is 5.32 Å². The lowest BCUT2D eigenvalue weighted by atomic mass is 9.97. The van der Waals surface area contributed by atoms with Crippen molar-refractivity contribution in [2.45, 2.75) is 26.8 Å². The number of aryl methyl sites for hydroxylation is 1. The van der Waals surface area contributed by atoms with Gasteiger partial charge in [-0.3, -0.25) is 4.98 Å². The highest BCUT2D eigenvalue weighted by Gasteiger charge is 2.11. The third kappa shape index (κ3) is 1.12. The summed E-state index contributed by atoms with van der Waals surface area (Å²) in [7, 11) is 0. The predicted molar refractivity (Wildman–Crippen MR) is 49.1 cm³/mol. The quantitative estimate of drug-likeness (QED) is 0.622. The molecule has 1 N–H and O–H groups in total. The summed E-state index contributed by atoms with van der Waals surface area (Å²) < 4.78 is 0. The molecule has 0 amide bonds. The lowest BCUT2D eigenvalue weighted by molar-refractivity contribution is 0.636. The van der Waals surface area contributed by atoms with Crippen molar-refractivity contribution in [3.05, 3.63) is 28.6 Å². The molecule has 0 saturated heterocycles. The van der Waals surface area contributed by atoms with Crippen LogP contribution >= 0.6 is 0 Å². The maximum absolute atomic E-state index is 4.35. The van der Waals surface area contributed by atoms with Crippen LogP contribution in [0.1, 0.15) is 22.4 Å². The van der Waals surface area contributed by atoms with Gasteiger partial charge in [-0.25, -0.2) is 0 Å². The number of nitrogens with zero attached hydrogens (tertiary/aromatic N) is 1. The molecule has 2 heterocycles. The fourth-order valence-electron chi connectivity index (χ4n) is 1.75. The Morgan fingerprint density at radius 3 is 3.08 bits per heavy atom. The summed E-state index contributed by atoms with van der Waals surface area (Å²) in [6.07, 6.45) is 3.16. The highest BCUT2D eigenvalue weighted by molar-refractivity contribution is 5.36. The molecule has 0 unspecified atom stereocenters. The van der Waals surface area contributed by atoms with Crippen LogP contribution in [0.4, 0.5) is 0 Å². The smallest absolute Gasteiger partial charge is 0.0404 e. The van der Waals surface area contributed by atoms with Gasteiger partial charge in [0.25, 0.3) is 0 Å². The van der Waals surface area contributed by atoms with E-state index in [2.05, 4.69) is 24.1 Å². The van der Waals surface area contributed by atoms with Gasteiger partial charge in [0.1, 0.15) is 0 Å². The summed E-state index contributed by atoms with van der Waals surface area (Å²) >= 11 is 0. The highest BCUT2D eigenvalue weighted by Crippen LogP contribution is 2.18. The number of aromatic nitrogens is 1. The average Bonchev–Trinajstić information content (AvgIpc) is 2.12. The van der Waals surface area contributed by atoms with E-state index in [9.17, 15) is 0 Å². The molecule has 2 nitrogen and oxygen atoms in total. The predicted octanol–water partition coefficient (Wildman–Crippen LogP) is 1.34. The van der Waals surface area contributed by atoms with Crippen LogP contribution in [0.3, 0.4) is 0 Å². The first-order chi connectivity index (χ1) is 5.79. The highest BCUT2D eigenvalue weighted by atomic mass is 14.9. The van der Waals surface area contributed by atoms with Crippen LogP contribution in [-0.4, -0.2) is 11.5 Å². The number of pyridine rings is 1. The first-order valence-corrected chi connectivity index (χ1v) is 4.43. The summed E-state index contributed by atoms with van der Waals surface area (Å²) in [6, 6.07) is 0. The van der Waals surface area contributed by atoms with E-state index in [-0.39, 0.29) is 0 Å². The Kier molecular flexibility index (Phi) is 1.85. The summed E-state index contributed by atoms with van der Waals surface area (Å²) in [5.74, 6) is 0. The van der Waals surface area contributed by atoms with Crippen molar-refractivity contribution in [2.24, 2.45) is 0 Å². The van der Waals surface area contributed by atoms with Crippen molar-refractivity contribution in [3.8, 4) is 0 Å². The van der Waals surface area contributed by atoms with Gasteiger partial charge in [-0.05, 0) is 43.5 Å². The Labute approximate surface area is 73.0 Å². The number of hydrogen-bond acceptors (Lipinski definition) is 2.